The Labute approximate surface area is 170 Å². The number of hydrogen-bond donors (Lipinski definition) is 0. The van der Waals surface area contributed by atoms with Crippen LogP contribution >= 0.6 is 0 Å². The first kappa shape index (κ1) is 17.3. The maximum Gasteiger partial charge on any atom is 0.276 e. The Balaban J connectivity index is 1.16. The van der Waals surface area contributed by atoms with E-state index in [0.29, 0.717) is 34.5 Å². The second kappa shape index (κ2) is 6.45. The Kier molecular flexibility index (Phi) is 3.71. The van der Waals surface area contributed by atoms with Crippen molar-refractivity contribution in [3.05, 3.63) is 76.7 Å². The van der Waals surface area contributed by atoms with Gasteiger partial charge in [-0.15, -0.1) is 0 Å². The number of pyridine rings is 1. The molecule has 1 aliphatic heterocycles. The molecule has 6 rings (SSSR count). The quantitative estimate of drug-likeness (QED) is 0.515. The fraction of sp³-hybridized carbons (Fsp3) is 0.286. The van der Waals surface area contributed by atoms with E-state index < -0.39 is 0 Å². The number of hydrogen-bond acceptors (Lipinski definition) is 7. The summed E-state index contributed by atoms with van der Waals surface area (Å²) in [6, 6.07) is 10.1. The van der Waals surface area contributed by atoms with Crippen molar-refractivity contribution >= 4 is 16.6 Å². The van der Waals surface area contributed by atoms with Crippen LogP contribution in [-0.4, -0.2) is 38.0 Å². The fourth-order valence-corrected chi connectivity index (χ4v) is 4.52. The molecule has 2 aliphatic rings. The zero-order chi connectivity index (χ0) is 20.2. The van der Waals surface area contributed by atoms with Crippen LogP contribution in [-0.2, 0) is 6.54 Å². The molecule has 30 heavy (non-hydrogen) atoms. The van der Waals surface area contributed by atoms with Gasteiger partial charge in [0.25, 0.3) is 5.56 Å². The summed E-state index contributed by atoms with van der Waals surface area (Å²) in [5, 5.41) is 8.80. The van der Waals surface area contributed by atoms with Crippen LogP contribution in [0.5, 0.6) is 0 Å². The number of nitrogens with zero attached hydrogens (tertiary/aromatic N) is 6. The molecule has 8 nitrogen and oxygen atoms in total. The molecule has 9 heteroatoms. The first-order chi connectivity index (χ1) is 14.7. The Morgan fingerprint density at radius 1 is 1.17 bits per heavy atom. The third-order valence-corrected chi connectivity index (χ3v) is 6.06. The summed E-state index contributed by atoms with van der Waals surface area (Å²) < 4.78 is 20.2. The molecule has 0 amide bonds. The lowest BCUT2D eigenvalue weighted by Gasteiger charge is -2.21. The second-order valence-electron chi connectivity index (χ2n) is 7.83. The number of rotatable bonds is 4. The lowest BCUT2D eigenvalue weighted by atomic mass is 10.2. The number of benzene rings is 1. The van der Waals surface area contributed by atoms with Gasteiger partial charge in [-0.05, 0) is 42.2 Å². The molecule has 0 spiro atoms. The van der Waals surface area contributed by atoms with Crippen molar-refractivity contribution in [1.29, 1.82) is 0 Å². The van der Waals surface area contributed by atoms with Crippen LogP contribution in [0, 0.1) is 17.7 Å². The van der Waals surface area contributed by atoms with Crippen molar-refractivity contribution in [3.8, 4) is 0 Å². The lowest BCUT2D eigenvalue weighted by molar-refractivity contribution is 0.358. The molecule has 1 saturated carbocycles. The summed E-state index contributed by atoms with van der Waals surface area (Å²) in [4.78, 5) is 23.4. The molecular weight excluding hydrogens is 387 g/mol. The van der Waals surface area contributed by atoms with Crippen LogP contribution in [0.15, 0.2) is 58.1 Å². The highest BCUT2D eigenvalue weighted by Gasteiger charge is 2.58. The number of fused-ring (bicyclic) bond motifs is 2. The van der Waals surface area contributed by atoms with Crippen molar-refractivity contribution in [2.45, 2.75) is 12.5 Å². The topological polar surface area (TPSA) is 89.9 Å². The predicted octanol–water partition coefficient (Wildman–Crippen LogP) is 2.21. The van der Waals surface area contributed by atoms with Crippen LogP contribution in [0.2, 0.25) is 0 Å². The molecule has 4 aromatic rings. The normalized spacial score (nSPS) is 22.4. The van der Waals surface area contributed by atoms with Gasteiger partial charge in [0.1, 0.15) is 12.4 Å². The molecule has 3 atom stereocenters. The third-order valence-electron chi connectivity index (χ3n) is 6.06. The minimum absolute atomic E-state index is 0.119. The maximum absolute atomic E-state index is 13.5. The maximum atomic E-state index is 13.5. The molecule has 1 aromatic carbocycles. The molecular formula is C21H17FN6O2. The molecule has 150 valence electrons. The smallest absolute Gasteiger partial charge is 0.276 e. The molecule has 0 N–H and O–H groups in total. The molecule has 2 unspecified atom stereocenters. The summed E-state index contributed by atoms with van der Waals surface area (Å²) in [5.74, 6) is 1.93. The summed E-state index contributed by atoms with van der Waals surface area (Å²) in [5.41, 5.74) is 1.22. The van der Waals surface area contributed by atoms with E-state index in [1.54, 1.807) is 36.7 Å². The minimum Gasteiger partial charge on any atom is -0.371 e. The van der Waals surface area contributed by atoms with Gasteiger partial charge in [-0.2, -0.15) is 10.1 Å². The van der Waals surface area contributed by atoms with Crippen molar-refractivity contribution < 1.29 is 8.91 Å². The Morgan fingerprint density at radius 2 is 2.03 bits per heavy atom. The van der Waals surface area contributed by atoms with E-state index in [2.05, 4.69) is 25.1 Å². The first-order valence-corrected chi connectivity index (χ1v) is 9.81. The molecule has 2 fully saturated rings. The van der Waals surface area contributed by atoms with Gasteiger partial charge < -0.3 is 9.42 Å². The van der Waals surface area contributed by atoms with Crippen LogP contribution in [0.3, 0.4) is 0 Å². The summed E-state index contributed by atoms with van der Waals surface area (Å²) >= 11 is 0. The number of piperidine rings is 1. The Morgan fingerprint density at radius 3 is 2.87 bits per heavy atom. The lowest BCUT2D eigenvalue weighted by Crippen LogP contribution is -2.24. The van der Waals surface area contributed by atoms with Gasteiger partial charge in [0, 0.05) is 30.9 Å². The van der Waals surface area contributed by atoms with Gasteiger partial charge in [0.05, 0.1) is 17.1 Å². The van der Waals surface area contributed by atoms with Crippen molar-refractivity contribution in [1.82, 2.24) is 24.9 Å². The van der Waals surface area contributed by atoms with Crippen molar-refractivity contribution in [3.63, 3.8) is 0 Å². The first-order valence-electron chi connectivity index (χ1n) is 9.81. The van der Waals surface area contributed by atoms with E-state index in [1.165, 1.54) is 10.7 Å². The Hall–Kier alpha value is -3.62. The molecule has 0 bridgehead atoms. The number of anilines is 1. The average Bonchev–Trinajstić information content (AvgIpc) is 3.10. The average molecular weight is 404 g/mol. The summed E-state index contributed by atoms with van der Waals surface area (Å²) in [6.07, 6.45) is 3.18. The van der Waals surface area contributed by atoms with E-state index >= 15 is 0 Å². The molecule has 3 aromatic heterocycles. The summed E-state index contributed by atoms with van der Waals surface area (Å²) in [7, 11) is 0. The third kappa shape index (κ3) is 2.77. The minimum atomic E-state index is -0.241. The zero-order valence-electron chi connectivity index (χ0n) is 15.8. The van der Waals surface area contributed by atoms with Crippen LogP contribution in [0.1, 0.15) is 17.6 Å². The van der Waals surface area contributed by atoms with E-state index in [1.807, 2.05) is 6.07 Å². The largest absolute Gasteiger partial charge is 0.371 e. The monoisotopic (exact) mass is 404 g/mol. The molecule has 1 saturated heterocycles. The van der Waals surface area contributed by atoms with Gasteiger partial charge in [0.2, 0.25) is 5.89 Å². The van der Waals surface area contributed by atoms with Crippen LogP contribution < -0.4 is 10.5 Å². The second-order valence-corrected chi connectivity index (χ2v) is 7.83. The molecule has 0 radical (unpaired) electrons. The van der Waals surface area contributed by atoms with Gasteiger partial charge >= 0.3 is 0 Å². The van der Waals surface area contributed by atoms with Crippen LogP contribution in [0.25, 0.3) is 10.9 Å². The fourth-order valence-electron chi connectivity index (χ4n) is 4.52. The van der Waals surface area contributed by atoms with E-state index in [0.717, 1.165) is 18.8 Å². The highest BCUT2D eigenvalue weighted by Crippen LogP contribution is 2.57. The standard InChI is InChI=1S/C21H17FN6O2/c22-12-3-1-4-13(7-12)27-9-15-16(10-27)19(15)20-25-18(30-26-20)11-28-21(29)14-5-2-6-23-17(14)8-24-28/h1-8,15-16,19H,9-11H2/t15-,16?,19?/m0/s1. The SMILES string of the molecule is O=c1c2cccnc2cnn1Cc1nc(C2C3CN(c4cccc(F)c4)C[C@@H]32)no1. The Bertz CT molecular complexity index is 1310. The van der Waals surface area contributed by atoms with Crippen LogP contribution in [0.4, 0.5) is 10.1 Å². The van der Waals surface area contributed by atoms with E-state index in [4.69, 9.17) is 4.52 Å². The molecule has 1 aliphatic carbocycles. The number of aromatic nitrogens is 5. The number of halogens is 1. The van der Waals surface area contributed by atoms with Crippen molar-refractivity contribution in [2.75, 3.05) is 18.0 Å². The molecule has 4 heterocycles. The predicted molar refractivity (Wildman–Crippen MR) is 106 cm³/mol. The van der Waals surface area contributed by atoms with Gasteiger partial charge in [-0.3, -0.25) is 9.78 Å². The van der Waals surface area contributed by atoms with E-state index in [9.17, 15) is 9.18 Å². The zero-order valence-corrected chi connectivity index (χ0v) is 15.8. The van der Waals surface area contributed by atoms with Gasteiger partial charge in [0.15, 0.2) is 5.82 Å². The summed E-state index contributed by atoms with van der Waals surface area (Å²) in [6.45, 7) is 1.82. The van der Waals surface area contributed by atoms with Crippen molar-refractivity contribution in [2.24, 2.45) is 11.8 Å². The highest BCUT2D eigenvalue weighted by atomic mass is 19.1. The van der Waals surface area contributed by atoms with Gasteiger partial charge in [-0.25, -0.2) is 9.07 Å². The highest BCUT2D eigenvalue weighted by molar-refractivity contribution is 5.75. The van der Waals surface area contributed by atoms with E-state index in [-0.39, 0.29) is 23.8 Å². The van der Waals surface area contributed by atoms with Gasteiger partial charge in [-0.1, -0.05) is 11.2 Å².